The molecule has 0 spiro atoms. The van der Waals surface area contributed by atoms with Crippen LogP contribution in [-0.2, 0) is 0 Å². The maximum atomic E-state index is 12.4. The minimum Gasteiger partial charge on any atom is -0.338 e. The molecule has 2 unspecified atom stereocenters. The number of hydrogen-bond donors (Lipinski definition) is 1. The molecule has 98 valence electrons. The molecule has 1 amide bonds. The second-order valence-corrected chi connectivity index (χ2v) is 5.46. The van der Waals surface area contributed by atoms with Gasteiger partial charge < -0.3 is 10.6 Å². The van der Waals surface area contributed by atoms with Crippen LogP contribution in [0.25, 0.3) is 0 Å². The Morgan fingerprint density at radius 1 is 1.39 bits per heavy atom. The minimum atomic E-state index is 0.140. The molecule has 2 rings (SSSR count). The minimum absolute atomic E-state index is 0.140. The molecule has 2 atom stereocenters. The fourth-order valence-corrected chi connectivity index (χ4v) is 2.46. The normalized spacial score (nSPS) is 21.1. The van der Waals surface area contributed by atoms with Crippen molar-refractivity contribution in [3.05, 3.63) is 34.9 Å². The van der Waals surface area contributed by atoms with Gasteiger partial charge in [-0.1, -0.05) is 6.07 Å². The summed E-state index contributed by atoms with van der Waals surface area (Å²) in [4.78, 5) is 14.3. The molecule has 1 aromatic rings. The summed E-state index contributed by atoms with van der Waals surface area (Å²) < 4.78 is 0. The topological polar surface area (TPSA) is 46.3 Å². The van der Waals surface area contributed by atoms with E-state index in [9.17, 15) is 4.79 Å². The van der Waals surface area contributed by atoms with Gasteiger partial charge in [-0.25, -0.2) is 0 Å². The lowest BCUT2D eigenvalue weighted by molar-refractivity contribution is 0.0786. The van der Waals surface area contributed by atoms with E-state index in [1.54, 1.807) is 0 Å². The molecule has 1 aliphatic rings. The van der Waals surface area contributed by atoms with Crippen molar-refractivity contribution in [1.29, 1.82) is 0 Å². The molecule has 0 radical (unpaired) electrons. The molecule has 0 aliphatic carbocycles. The summed E-state index contributed by atoms with van der Waals surface area (Å²) in [7, 11) is 0. The lowest BCUT2D eigenvalue weighted by Gasteiger charge is -2.18. The van der Waals surface area contributed by atoms with Gasteiger partial charge in [0.1, 0.15) is 0 Å². The molecular formula is C15H22N2O. The van der Waals surface area contributed by atoms with Crippen molar-refractivity contribution in [1.82, 2.24) is 4.90 Å². The summed E-state index contributed by atoms with van der Waals surface area (Å²) in [5, 5.41) is 0. The van der Waals surface area contributed by atoms with E-state index in [0.29, 0.717) is 5.92 Å². The fourth-order valence-electron chi connectivity index (χ4n) is 2.46. The predicted molar refractivity (Wildman–Crippen MR) is 73.6 cm³/mol. The molecule has 1 saturated heterocycles. The van der Waals surface area contributed by atoms with Gasteiger partial charge in [-0.15, -0.1) is 0 Å². The van der Waals surface area contributed by atoms with Gasteiger partial charge in [0.15, 0.2) is 0 Å². The number of amides is 1. The average Bonchev–Trinajstić information content (AvgIpc) is 2.81. The smallest absolute Gasteiger partial charge is 0.253 e. The van der Waals surface area contributed by atoms with Crippen molar-refractivity contribution in [2.45, 2.75) is 33.2 Å². The molecule has 1 aromatic carbocycles. The van der Waals surface area contributed by atoms with Crippen LogP contribution < -0.4 is 5.73 Å². The zero-order valence-corrected chi connectivity index (χ0v) is 11.4. The summed E-state index contributed by atoms with van der Waals surface area (Å²) in [6.07, 6.45) is 1.02. The Balaban J connectivity index is 2.10. The van der Waals surface area contributed by atoms with Crippen molar-refractivity contribution < 1.29 is 4.79 Å². The van der Waals surface area contributed by atoms with E-state index in [2.05, 4.69) is 6.92 Å². The van der Waals surface area contributed by atoms with Crippen molar-refractivity contribution in [3.63, 3.8) is 0 Å². The Morgan fingerprint density at radius 3 is 2.67 bits per heavy atom. The predicted octanol–water partition coefficient (Wildman–Crippen LogP) is 2.11. The molecule has 1 aliphatic heterocycles. The van der Waals surface area contributed by atoms with Crippen LogP contribution in [0.5, 0.6) is 0 Å². The van der Waals surface area contributed by atoms with E-state index >= 15 is 0 Å². The molecule has 0 bridgehead atoms. The summed E-state index contributed by atoms with van der Waals surface area (Å²) >= 11 is 0. The molecule has 1 fully saturated rings. The summed E-state index contributed by atoms with van der Waals surface area (Å²) in [5.41, 5.74) is 9.09. The molecular weight excluding hydrogens is 224 g/mol. The van der Waals surface area contributed by atoms with Gasteiger partial charge in [0.25, 0.3) is 5.91 Å². The second-order valence-electron chi connectivity index (χ2n) is 5.46. The van der Waals surface area contributed by atoms with Crippen LogP contribution in [0.2, 0.25) is 0 Å². The standard InChI is InChI=1S/C15H22N2O/c1-10-4-5-13(8-11(10)2)15(18)17-7-6-14(9-17)12(3)16/h4-5,8,12,14H,6-7,9,16H2,1-3H3. The summed E-state index contributed by atoms with van der Waals surface area (Å²) in [5.74, 6) is 0.585. The van der Waals surface area contributed by atoms with Crippen LogP contribution >= 0.6 is 0 Å². The number of nitrogens with zero attached hydrogens (tertiary/aromatic N) is 1. The van der Waals surface area contributed by atoms with E-state index in [-0.39, 0.29) is 11.9 Å². The van der Waals surface area contributed by atoms with Crippen molar-refractivity contribution in [2.24, 2.45) is 11.7 Å². The molecule has 3 nitrogen and oxygen atoms in total. The molecule has 3 heteroatoms. The lowest BCUT2D eigenvalue weighted by atomic mass is 10.0. The van der Waals surface area contributed by atoms with Crippen LogP contribution in [-0.4, -0.2) is 29.9 Å². The zero-order chi connectivity index (χ0) is 13.3. The number of carbonyl (C=O) groups excluding carboxylic acids is 1. The van der Waals surface area contributed by atoms with Gasteiger partial charge in [-0.2, -0.15) is 0 Å². The molecule has 0 saturated carbocycles. The Hall–Kier alpha value is -1.35. The quantitative estimate of drug-likeness (QED) is 0.868. The van der Waals surface area contributed by atoms with Gasteiger partial charge in [0.2, 0.25) is 0 Å². The molecule has 1 heterocycles. The monoisotopic (exact) mass is 246 g/mol. The summed E-state index contributed by atoms with van der Waals surface area (Å²) in [6.45, 7) is 7.75. The van der Waals surface area contributed by atoms with E-state index < -0.39 is 0 Å². The second kappa shape index (κ2) is 5.11. The van der Waals surface area contributed by atoms with E-state index in [0.717, 1.165) is 25.1 Å². The first-order valence-electron chi connectivity index (χ1n) is 6.61. The first-order chi connectivity index (χ1) is 8.49. The Morgan fingerprint density at radius 2 is 2.11 bits per heavy atom. The zero-order valence-electron chi connectivity index (χ0n) is 11.4. The number of hydrogen-bond acceptors (Lipinski definition) is 2. The SMILES string of the molecule is Cc1ccc(C(=O)N2CCC(C(C)N)C2)cc1C. The van der Waals surface area contributed by atoms with Gasteiger partial charge >= 0.3 is 0 Å². The third-order valence-corrected chi connectivity index (χ3v) is 4.01. The lowest BCUT2D eigenvalue weighted by Crippen LogP contribution is -2.33. The largest absolute Gasteiger partial charge is 0.338 e. The highest BCUT2D eigenvalue weighted by molar-refractivity contribution is 5.94. The number of aryl methyl sites for hydroxylation is 2. The first kappa shape index (κ1) is 13.1. The van der Waals surface area contributed by atoms with Crippen LogP contribution in [0.3, 0.4) is 0 Å². The highest BCUT2D eigenvalue weighted by atomic mass is 16.2. The van der Waals surface area contributed by atoms with Gasteiger partial charge in [-0.3, -0.25) is 4.79 Å². The van der Waals surface area contributed by atoms with Crippen LogP contribution in [0.1, 0.15) is 34.8 Å². The van der Waals surface area contributed by atoms with Crippen molar-refractivity contribution in [2.75, 3.05) is 13.1 Å². The Kier molecular flexibility index (Phi) is 3.71. The first-order valence-corrected chi connectivity index (χ1v) is 6.61. The maximum Gasteiger partial charge on any atom is 0.253 e. The molecule has 2 N–H and O–H groups in total. The molecule has 18 heavy (non-hydrogen) atoms. The maximum absolute atomic E-state index is 12.4. The molecule has 0 aromatic heterocycles. The third-order valence-electron chi connectivity index (χ3n) is 4.01. The van der Waals surface area contributed by atoms with Crippen LogP contribution in [0.15, 0.2) is 18.2 Å². The average molecular weight is 246 g/mol. The van der Waals surface area contributed by atoms with E-state index in [1.165, 1.54) is 11.1 Å². The van der Waals surface area contributed by atoms with Crippen molar-refractivity contribution in [3.8, 4) is 0 Å². The number of rotatable bonds is 2. The number of benzene rings is 1. The third kappa shape index (κ3) is 2.56. The highest BCUT2D eigenvalue weighted by Gasteiger charge is 2.28. The summed E-state index contributed by atoms with van der Waals surface area (Å²) in [6, 6.07) is 6.09. The number of nitrogens with two attached hydrogens (primary N) is 1. The van der Waals surface area contributed by atoms with E-state index in [4.69, 9.17) is 5.73 Å². The number of likely N-dealkylation sites (tertiary alicyclic amines) is 1. The number of carbonyl (C=O) groups is 1. The Bertz CT molecular complexity index is 454. The van der Waals surface area contributed by atoms with E-state index in [1.807, 2.05) is 36.9 Å². The van der Waals surface area contributed by atoms with Crippen molar-refractivity contribution >= 4 is 5.91 Å². The van der Waals surface area contributed by atoms with Gasteiger partial charge in [0, 0.05) is 24.7 Å². The fraction of sp³-hybridized carbons (Fsp3) is 0.533. The van der Waals surface area contributed by atoms with Gasteiger partial charge in [0.05, 0.1) is 0 Å². The van der Waals surface area contributed by atoms with Crippen LogP contribution in [0, 0.1) is 19.8 Å². The van der Waals surface area contributed by atoms with Gasteiger partial charge in [-0.05, 0) is 56.4 Å². The highest BCUT2D eigenvalue weighted by Crippen LogP contribution is 2.21. The Labute approximate surface area is 109 Å². The van der Waals surface area contributed by atoms with Crippen LogP contribution in [0.4, 0.5) is 0 Å².